The average Bonchev–Trinajstić information content (AvgIpc) is 3.21. The van der Waals surface area contributed by atoms with E-state index in [2.05, 4.69) is 10.3 Å². The van der Waals surface area contributed by atoms with Crippen molar-refractivity contribution in [1.82, 2.24) is 10.3 Å². The first-order valence-corrected chi connectivity index (χ1v) is 7.96. The fourth-order valence-corrected chi connectivity index (χ4v) is 3.21. The predicted octanol–water partition coefficient (Wildman–Crippen LogP) is 3.66. The van der Waals surface area contributed by atoms with Gasteiger partial charge in [0.25, 0.3) is 0 Å². The quantitative estimate of drug-likeness (QED) is 0.884. The molecule has 1 fully saturated rings. The minimum absolute atomic E-state index is 0.178. The number of benzene rings is 1. The highest BCUT2D eigenvalue weighted by Crippen LogP contribution is 2.30. The normalized spacial score (nSPS) is 14.6. The van der Waals surface area contributed by atoms with Crippen LogP contribution in [0.1, 0.15) is 29.0 Å². The van der Waals surface area contributed by atoms with E-state index in [1.807, 2.05) is 6.07 Å². The molecular weight excluding hydrogens is 287 g/mol. The third-order valence-electron chi connectivity index (χ3n) is 3.59. The Balaban J connectivity index is 1.86. The smallest absolute Gasteiger partial charge is 0.126 e. The molecule has 3 nitrogen and oxygen atoms in total. The number of nitrogens with one attached hydrogen (secondary N) is 1. The van der Waals surface area contributed by atoms with Gasteiger partial charge in [0, 0.05) is 30.1 Å². The molecule has 0 bridgehead atoms. The van der Waals surface area contributed by atoms with Crippen LogP contribution in [0.4, 0.5) is 4.39 Å². The summed E-state index contributed by atoms with van der Waals surface area (Å²) in [5.41, 5.74) is 2.59. The predicted molar refractivity (Wildman–Crippen MR) is 82.8 cm³/mol. The van der Waals surface area contributed by atoms with Crippen LogP contribution in [0.5, 0.6) is 0 Å². The molecule has 0 aliphatic heterocycles. The summed E-state index contributed by atoms with van der Waals surface area (Å²) in [6.45, 7) is 3.12. The van der Waals surface area contributed by atoms with Gasteiger partial charge in [-0.15, -0.1) is 11.3 Å². The lowest BCUT2D eigenvalue weighted by atomic mass is 10.1. The van der Waals surface area contributed by atoms with Crippen molar-refractivity contribution in [3.05, 3.63) is 40.2 Å². The van der Waals surface area contributed by atoms with Crippen LogP contribution in [-0.2, 0) is 17.9 Å². The number of aromatic nitrogens is 1. The number of methoxy groups -OCH3 is 1. The van der Waals surface area contributed by atoms with E-state index >= 15 is 0 Å². The average molecular weight is 306 g/mol. The van der Waals surface area contributed by atoms with Crippen molar-refractivity contribution >= 4 is 11.3 Å². The molecule has 1 aromatic heterocycles. The van der Waals surface area contributed by atoms with Gasteiger partial charge in [-0.3, -0.25) is 0 Å². The first-order valence-electron chi connectivity index (χ1n) is 7.15. The second kappa shape index (κ2) is 6.22. The molecule has 112 valence electrons. The Labute approximate surface area is 128 Å². The summed E-state index contributed by atoms with van der Waals surface area (Å²) in [5.74, 6) is -0.178. The molecule has 0 amide bonds. The number of ether oxygens (including phenoxy) is 1. The van der Waals surface area contributed by atoms with Crippen molar-refractivity contribution in [2.45, 2.75) is 39.0 Å². The molecule has 1 heterocycles. The second-order valence-electron chi connectivity index (χ2n) is 5.44. The summed E-state index contributed by atoms with van der Waals surface area (Å²) in [7, 11) is 1.68. The molecule has 1 aliphatic carbocycles. The third kappa shape index (κ3) is 3.48. The summed E-state index contributed by atoms with van der Waals surface area (Å²) in [4.78, 5) is 5.88. The summed E-state index contributed by atoms with van der Waals surface area (Å²) in [5, 5.41) is 4.44. The SMILES string of the molecule is COCc1nc(-c2ccc(F)c(C)c2)sc1CNC1CC1. The van der Waals surface area contributed by atoms with E-state index in [9.17, 15) is 4.39 Å². The lowest BCUT2D eigenvalue weighted by Crippen LogP contribution is -2.15. The zero-order valence-electron chi connectivity index (χ0n) is 12.3. The number of hydrogen-bond acceptors (Lipinski definition) is 4. The zero-order chi connectivity index (χ0) is 14.8. The molecule has 1 saturated carbocycles. The number of rotatable bonds is 6. The first kappa shape index (κ1) is 14.6. The highest BCUT2D eigenvalue weighted by Gasteiger charge is 2.21. The maximum Gasteiger partial charge on any atom is 0.126 e. The summed E-state index contributed by atoms with van der Waals surface area (Å²) >= 11 is 1.66. The van der Waals surface area contributed by atoms with Crippen LogP contribution in [0.25, 0.3) is 10.6 Å². The number of halogens is 1. The van der Waals surface area contributed by atoms with Gasteiger partial charge in [0.05, 0.1) is 12.3 Å². The standard InChI is InChI=1S/C16H19FN2OS/c1-10-7-11(3-6-13(10)17)16-19-14(9-20-2)15(21-16)8-18-12-4-5-12/h3,6-7,12,18H,4-5,8-9H2,1-2H3. The van der Waals surface area contributed by atoms with Crippen molar-refractivity contribution < 1.29 is 9.13 Å². The molecule has 1 N–H and O–H groups in total. The van der Waals surface area contributed by atoms with Crippen molar-refractivity contribution in [2.75, 3.05) is 7.11 Å². The minimum Gasteiger partial charge on any atom is -0.378 e. The maximum absolute atomic E-state index is 13.4. The molecule has 21 heavy (non-hydrogen) atoms. The lowest BCUT2D eigenvalue weighted by molar-refractivity contribution is 0.181. The van der Waals surface area contributed by atoms with Gasteiger partial charge in [0.2, 0.25) is 0 Å². The fraction of sp³-hybridized carbons (Fsp3) is 0.438. The van der Waals surface area contributed by atoms with E-state index < -0.39 is 0 Å². The fourth-order valence-electron chi connectivity index (χ4n) is 2.20. The number of nitrogens with zero attached hydrogens (tertiary/aromatic N) is 1. The molecule has 1 aromatic carbocycles. The van der Waals surface area contributed by atoms with E-state index in [1.54, 1.807) is 31.4 Å². The molecule has 2 aromatic rings. The van der Waals surface area contributed by atoms with Gasteiger partial charge in [-0.05, 0) is 43.5 Å². The van der Waals surface area contributed by atoms with Crippen LogP contribution in [0, 0.1) is 12.7 Å². The molecule has 3 rings (SSSR count). The second-order valence-corrected chi connectivity index (χ2v) is 6.52. The van der Waals surface area contributed by atoms with Crippen LogP contribution >= 0.6 is 11.3 Å². The Morgan fingerprint density at radius 1 is 1.43 bits per heavy atom. The number of aryl methyl sites for hydroxylation is 1. The van der Waals surface area contributed by atoms with Crippen LogP contribution < -0.4 is 5.32 Å². The van der Waals surface area contributed by atoms with Gasteiger partial charge in [0.1, 0.15) is 10.8 Å². The molecular formula is C16H19FN2OS. The largest absolute Gasteiger partial charge is 0.378 e. The lowest BCUT2D eigenvalue weighted by Gasteiger charge is -2.02. The first-order chi connectivity index (χ1) is 10.2. The Hall–Kier alpha value is -1.30. The number of hydrogen-bond donors (Lipinski definition) is 1. The van der Waals surface area contributed by atoms with Crippen LogP contribution in [0.3, 0.4) is 0 Å². The van der Waals surface area contributed by atoms with Crippen molar-refractivity contribution in [1.29, 1.82) is 0 Å². The van der Waals surface area contributed by atoms with Crippen LogP contribution in [0.15, 0.2) is 18.2 Å². The summed E-state index contributed by atoms with van der Waals surface area (Å²) < 4.78 is 18.6. The minimum atomic E-state index is -0.178. The Morgan fingerprint density at radius 3 is 2.90 bits per heavy atom. The van der Waals surface area contributed by atoms with Gasteiger partial charge in [-0.1, -0.05) is 0 Å². The monoisotopic (exact) mass is 306 g/mol. The Kier molecular flexibility index (Phi) is 4.33. The highest BCUT2D eigenvalue weighted by molar-refractivity contribution is 7.15. The molecule has 5 heteroatoms. The van der Waals surface area contributed by atoms with E-state index in [-0.39, 0.29) is 5.82 Å². The zero-order valence-corrected chi connectivity index (χ0v) is 13.1. The van der Waals surface area contributed by atoms with E-state index in [4.69, 9.17) is 4.74 Å². The van der Waals surface area contributed by atoms with Crippen molar-refractivity contribution in [3.8, 4) is 10.6 Å². The maximum atomic E-state index is 13.4. The van der Waals surface area contributed by atoms with Gasteiger partial charge < -0.3 is 10.1 Å². The Morgan fingerprint density at radius 2 is 2.24 bits per heavy atom. The molecule has 0 spiro atoms. The summed E-state index contributed by atoms with van der Waals surface area (Å²) in [6, 6.07) is 5.81. The summed E-state index contributed by atoms with van der Waals surface area (Å²) in [6.07, 6.45) is 2.53. The van der Waals surface area contributed by atoms with Crippen molar-refractivity contribution in [2.24, 2.45) is 0 Å². The van der Waals surface area contributed by atoms with Crippen molar-refractivity contribution in [3.63, 3.8) is 0 Å². The van der Waals surface area contributed by atoms with E-state index in [1.165, 1.54) is 23.8 Å². The van der Waals surface area contributed by atoms with E-state index in [0.717, 1.165) is 22.8 Å². The van der Waals surface area contributed by atoms with Crippen LogP contribution in [-0.4, -0.2) is 18.1 Å². The van der Waals surface area contributed by atoms with E-state index in [0.29, 0.717) is 18.2 Å². The molecule has 1 aliphatic rings. The molecule has 0 radical (unpaired) electrons. The molecule has 0 saturated heterocycles. The van der Waals surface area contributed by atoms with Gasteiger partial charge >= 0.3 is 0 Å². The molecule has 0 atom stereocenters. The Bertz CT molecular complexity index is 637. The topological polar surface area (TPSA) is 34.1 Å². The van der Waals surface area contributed by atoms with Crippen LogP contribution in [0.2, 0.25) is 0 Å². The molecule has 0 unspecified atom stereocenters. The highest BCUT2D eigenvalue weighted by atomic mass is 32.1. The third-order valence-corrected chi connectivity index (χ3v) is 4.74. The van der Waals surface area contributed by atoms with Gasteiger partial charge in [-0.2, -0.15) is 0 Å². The van der Waals surface area contributed by atoms with Gasteiger partial charge in [0.15, 0.2) is 0 Å². The number of thiazole rings is 1. The van der Waals surface area contributed by atoms with Gasteiger partial charge in [-0.25, -0.2) is 9.37 Å².